The van der Waals surface area contributed by atoms with Gasteiger partial charge in [-0.1, -0.05) is 24.0 Å². The molecule has 1 aliphatic rings. The van der Waals surface area contributed by atoms with Crippen molar-refractivity contribution in [2.75, 3.05) is 7.11 Å². The highest BCUT2D eigenvalue weighted by atomic mass is 79.9. The van der Waals surface area contributed by atoms with Gasteiger partial charge in [-0.05, 0) is 55.6 Å². The van der Waals surface area contributed by atoms with Gasteiger partial charge in [-0.15, -0.1) is 0 Å². The molecule has 0 unspecified atom stereocenters. The first-order chi connectivity index (χ1) is 8.51. The minimum absolute atomic E-state index is 0.159. The zero-order chi connectivity index (χ0) is 13.3. The summed E-state index contributed by atoms with van der Waals surface area (Å²) in [5, 5.41) is 2.58. The Morgan fingerprint density at radius 2 is 2.00 bits per heavy atom. The lowest BCUT2D eigenvalue weighted by Gasteiger charge is -2.07. The number of ether oxygens (including phenoxy) is 1. The van der Waals surface area contributed by atoms with Crippen molar-refractivity contribution < 1.29 is 9.53 Å². The number of carbonyl (C=O) groups excluding carboxylic acids is 1. The molecule has 94 valence electrons. The molecule has 0 saturated carbocycles. The van der Waals surface area contributed by atoms with E-state index >= 15 is 0 Å². The Hall–Kier alpha value is -0.370. The molecule has 1 saturated heterocycles. The molecule has 0 radical (unpaired) electrons. The van der Waals surface area contributed by atoms with Crippen LogP contribution in [0.2, 0.25) is 0 Å². The third kappa shape index (κ3) is 2.96. The zero-order valence-corrected chi connectivity index (χ0v) is 13.9. The highest BCUT2D eigenvalue weighted by Crippen LogP contribution is 2.36. The lowest BCUT2D eigenvalue weighted by atomic mass is 10.2. The lowest BCUT2D eigenvalue weighted by molar-refractivity contribution is -0.115. The van der Waals surface area contributed by atoms with Crippen molar-refractivity contribution in [2.24, 2.45) is 0 Å². The minimum atomic E-state index is -0.159. The van der Waals surface area contributed by atoms with E-state index in [1.807, 2.05) is 12.1 Å². The number of methoxy groups -OCH3 is 1. The zero-order valence-electron chi connectivity index (χ0n) is 9.12. The van der Waals surface area contributed by atoms with Gasteiger partial charge < -0.3 is 10.1 Å². The molecule has 0 spiro atoms. The monoisotopic (exact) mass is 407 g/mol. The van der Waals surface area contributed by atoms with Crippen LogP contribution in [0.4, 0.5) is 0 Å². The number of thioether (sulfide) groups is 1. The van der Waals surface area contributed by atoms with Gasteiger partial charge in [0, 0.05) is 0 Å². The Morgan fingerprint density at radius 1 is 1.39 bits per heavy atom. The minimum Gasteiger partial charge on any atom is -0.494 e. The molecule has 3 nitrogen and oxygen atoms in total. The molecular weight excluding hydrogens is 402 g/mol. The van der Waals surface area contributed by atoms with Crippen LogP contribution in [0.1, 0.15) is 5.56 Å². The number of benzene rings is 1. The van der Waals surface area contributed by atoms with E-state index in [0.29, 0.717) is 9.23 Å². The molecule has 2 rings (SSSR count). The SMILES string of the molecule is COc1c(Br)cc(/C=C2/SC(=S)NC2=O)cc1Br. The van der Waals surface area contributed by atoms with Gasteiger partial charge in [0.25, 0.3) is 5.91 Å². The quantitative estimate of drug-likeness (QED) is 0.598. The van der Waals surface area contributed by atoms with Crippen molar-refractivity contribution in [1.82, 2.24) is 5.32 Å². The van der Waals surface area contributed by atoms with Crippen molar-refractivity contribution in [3.63, 3.8) is 0 Å². The second kappa shape index (κ2) is 5.73. The largest absolute Gasteiger partial charge is 0.494 e. The predicted molar refractivity (Wildman–Crippen MR) is 84.7 cm³/mol. The fourth-order valence-corrected chi connectivity index (χ4v) is 4.02. The Bertz CT molecular complexity index is 549. The molecule has 18 heavy (non-hydrogen) atoms. The number of rotatable bonds is 2. The van der Waals surface area contributed by atoms with Crippen molar-refractivity contribution >= 4 is 72.1 Å². The number of hydrogen-bond donors (Lipinski definition) is 1. The predicted octanol–water partition coefficient (Wildman–Crippen LogP) is 3.71. The van der Waals surface area contributed by atoms with E-state index in [4.69, 9.17) is 17.0 Å². The van der Waals surface area contributed by atoms with E-state index in [1.165, 1.54) is 11.8 Å². The third-order valence-electron chi connectivity index (χ3n) is 2.16. The van der Waals surface area contributed by atoms with E-state index in [0.717, 1.165) is 20.3 Å². The molecule has 0 atom stereocenters. The number of amides is 1. The third-order valence-corrected chi connectivity index (χ3v) is 4.51. The first-order valence-electron chi connectivity index (χ1n) is 4.79. The number of hydrogen-bond acceptors (Lipinski definition) is 4. The Morgan fingerprint density at radius 3 is 2.44 bits per heavy atom. The molecule has 1 heterocycles. The molecule has 0 bridgehead atoms. The van der Waals surface area contributed by atoms with Crippen LogP contribution in [0.3, 0.4) is 0 Å². The maximum Gasteiger partial charge on any atom is 0.263 e. The van der Waals surface area contributed by atoms with E-state index < -0.39 is 0 Å². The Balaban J connectivity index is 2.39. The van der Waals surface area contributed by atoms with Gasteiger partial charge in [-0.3, -0.25) is 4.79 Å². The standard InChI is InChI=1S/C11H7Br2NO2S2/c1-16-9-6(12)2-5(3-7(9)13)4-8-10(15)14-11(17)18-8/h2-4H,1H3,(H,14,15,17)/b8-4+. The summed E-state index contributed by atoms with van der Waals surface area (Å²) >= 11 is 13.0. The van der Waals surface area contributed by atoms with Gasteiger partial charge in [-0.2, -0.15) is 0 Å². The summed E-state index contributed by atoms with van der Waals surface area (Å²) in [7, 11) is 1.60. The van der Waals surface area contributed by atoms with Gasteiger partial charge in [-0.25, -0.2) is 0 Å². The number of carbonyl (C=O) groups is 1. The summed E-state index contributed by atoms with van der Waals surface area (Å²) < 4.78 is 7.34. The van der Waals surface area contributed by atoms with Gasteiger partial charge in [0.05, 0.1) is 21.0 Å². The molecule has 1 aromatic rings. The van der Waals surface area contributed by atoms with Crippen LogP contribution >= 0.6 is 55.8 Å². The van der Waals surface area contributed by atoms with Gasteiger partial charge >= 0.3 is 0 Å². The lowest BCUT2D eigenvalue weighted by Crippen LogP contribution is -2.17. The summed E-state index contributed by atoms with van der Waals surface area (Å²) in [5.41, 5.74) is 0.886. The summed E-state index contributed by atoms with van der Waals surface area (Å²) in [4.78, 5) is 12.1. The molecule has 1 aliphatic heterocycles. The van der Waals surface area contributed by atoms with Crippen molar-refractivity contribution in [2.45, 2.75) is 0 Å². The number of thiocarbonyl (C=S) groups is 1. The fourth-order valence-electron chi connectivity index (χ4n) is 1.43. The maximum atomic E-state index is 11.5. The Labute approximate surface area is 131 Å². The van der Waals surface area contributed by atoms with Crippen molar-refractivity contribution in [3.8, 4) is 5.75 Å². The molecule has 0 aromatic heterocycles. The second-order valence-corrected chi connectivity index (χ2v) is 6.80. The van der Waals surface area contributed by atoms with Crippen molar-refractivity contribution in [1.29, 1.82) is 0 Å². The molecular formula is C11H7Br2NO2S2. The molecule has 1 amide bonds. The number of nitrogens with one attached hydrogen (secondary N) is 1. The average Bonchev–Trinajstić information content (AvgIpc) is 2.57. The van der Waals surface area contributed by atoms with Crippen LogP contribution in [0.25, 0.3) is 6.08 Å². The van der Waals surface area contributed by atoms with Crippen LogP contribution in [0.15, 0.2) is 26.0 Å². The van der Waals surface area contributed by atoms with Crippen molar-refractivity contribution in [3.05, 3.63) is 31.5 Å². The van der Waals surface area contributed by atoms with Gasteiger partial charge in [0.1, 0.15) is 10.1 Å². The van der Waals surface area contributed by atoms with Crippen LogP contribution in [0, 0.1) is 0 Å². The highest BCUT2D eigenvalue weighted by molar-refractivity contribution is 9.11. The van der Waals surface area contributed by atoms with E-state index in [-0.39, 0.29) is 5.91 Å². The van der Waals surface area contributed by atoms with E-state index in [9.17, 15) is 4.79 Å². The topological polar surface area (TPSA) is 38.3 Å². The molecule has 1 aromatic carbocycles. The molecule has 1 fully saturated rings. The molecule has 7 heteroatoms. The molecule has 1 N–H and O–H groups in total. The van der Waals surface area contributed by atoms with Gasteiger partial charge in [0.2, 0.25) is 0 Å². The fraction of sp³-hybridized carbons (Fsp3) is 0.0909. The van der Waals surface area contributed by atoms with Crippen LogP contribution in [-0.2, 0) is 4.79 Å². The van der Waals surface area contributed by atoms with E-state index in [2.05, 4.69) is 37.2 Å². The first kappa shape index (κ1) is 14.0. The summed E-state index contributed by atoms with van der Waals surface area (Å²) in [6, 6.07) is 3.76. The average molecular weight is 409 g/mol. The normalized spacial score (nSPS) is 17.2. The molecule has 0 aliphatic carbocycles. The highest BCUT2D eigenvalue weighted by Gasteiger charge is 2.22. The van der Waals surface area contributed by atoms with E-state index in [1.54, 1.807) is 13.2 Å². The summed E-state index contributed by atoms with van der Waals surface area (Å²) in [6.07, 6.45) is 1.79. The van der Waals surface area contributed by atoms with Crippen LogP contribution in [0.5, 0.6) is 5.75 Å². The first-order valence-corrected chi connectivity index (χ1v) is 7.60. The van der Waals surface area contributed by atoms with Gasteiger partial charge in [0.15, 0.2) is 0 Å². The van der Waals surface area contributed by atoms with Crippen LogP contribution in [-0.4, -0.2) is 17.3 Å². The van der Waals surface area contributed by atoms with Crippen LogP contribution < -0.4 is 10.1 Å². The smallest absolute Gasteiger partial charge is 0.263 e. The Kier molecular flexibility index (Phi) is 4.47. The maximum absolute atomic E-state index is 11.5. The second-order valence-electron chi connectivity index (χ2n) is 3.37. The summed E-state index contributed by atoms with van der Waals surface area (Å²) in [5.74, 6) is 0.560. The summed E-state index contributed by atoms with van der Waals surface area (Å²) in [6.45, 7) is 0. The number of halogens is 2.